The predicted molar refractivity (Wildman–Crippen MR) is 186 cm³/mol. The Morgan fingerprint density at radius 2 is 1.92 bits per heavy atom. The molecule has 1 saturated heterocycles. The standard InChI is InChI=1S/C36H49N5O6S/c1-3-23(2)33(35(45)40-48-26-18-19-26)39-34(44)29-16-10-20-41(29)32(43)22-37-36(46)47-31-17-9-13-24(31)11-5-4-6-15-28-30(42)21-25-12-7-8-14-27(25)38-28/h3,7-8,12,14,21,23-24,26,29,31,33,42H,1,4-6,9-11,13,15-20,22H2,2H3,(H,37,46)(H,39,44)(H,40,45)/t23-,24?,29?,31+,33?/m0/s1. The van der Waals surface area contributed by atoms with E-state index in [1.54, 1.807) is 12.1 Å². The van der Waals surface area contributed by atoms with Gasteiger partial charge in [-0.1, -0.05) is 44.0 Å². The first-order chi connectivity index (χ1) is 23.2. The Morgan fingerprint density at radius 3 is 2.71 bits per heavy atom. The Bertz CT molecular complexity index is 1470. The van der Waals surface area contributed by atoms with Crippen molar-refractivity contribution in [2.45, 2.75) is 107 Å². The van der Waals surface area contributed by atoms with Gasteiger partial charge in [-0.2, -0.15) is 0 Å². The molecule has 48 heavy (non-hydrogen) atoms. The van der Waals surface area contributed by atoms with Crippen LogP contribution in [-0.2, 0) is 25.5 Å². The van der Waals surface area contributed by atoms with Gasteiger partial charge in [-0.3, -0.25) is 19.1 Å². The van der Waals surface area contributed by atoms with Gasteiger partial charge in [-0.25, -0.2) is 9.78 Å². The van der Waals surface area contributed by atoms with Crippen LogP contribution in [-0.4, -0.2) is 75.3 Å². The second-order valence-corrected chi connectivity index (χ2v) is 14.5. The van der Waals surface area contributed by atoms with Crippen LogP contribution in [0.25, 0.3) is 10.9 Å². The van der Waals surface area contributed by atoms with Crippen molar-refractivity contribution in [3.8, 4) is 5.75 Å². The number of carbonyl (C=O) groups is 4. The molecule has 4 N–H and O–H groups in total. The molecule has 4 amide bonds. The minimum Gasteiger partial charge on any atom is -0.506 e. The Balaban J connectivity index is 1.02. The number of rotatable bonds is 16. The van der Waals surface area contributed by atoms with Crippen molar-refractivity contribution >= 4 is 46.7 Å². The summed E-state index contributed by atoms with van der Waals surface area (Å²) in [5, 5.41) is 17.2. The van der Waals surface area contributed by atoms with Crippen LogP contribution in [0.2, 0.25) is 0 Å². The number of aromatic hydroxyl groups is 1. The highest BCUT2D eigenvalue weighted by Gasteiger charge is 2.37. The van der Waals surface area contributed by atoms with Gasteiger partial charge in [0.25, 0.3) is 5.91 Å². The van der Waals surface area contributed by atoms with E-state index >= 15 is 0 Å². The number of aromatic nitrogens is 1. The van der Waals surface area contributed by atoms with Crippen molar-refractivity contribution in [2.75, 3.05) is 13.1 Å². The lowest BCUT2D eigenvalue weighted by molar-refractivity contribution is -0.139. The summed E-state index contributed by atoms with van der Waals surface area (Å²) in [7, 11) is 0. The molecular formula is C36H49N5O6S. The van der Waals surface area contributed by atoms with Gasteiger partial charge in [0.15, 0.2) is 0 Å². The van der Waals surface area contributed by atoms with E-state index in [1.807, 2.05) is 31.2 Å². The number of hydrogen-bond acceptors (Lipinski definition) is 8. The maximum Gasteiger partial charge on any atom is 0.407 e. The summed E-state index contributed by atoms with van der Waals surface area (Å²) in [4.78, 5) is 58.0. The number of likely N-dealkylation sites (tertiary alicyclic amines) is 1. The van der Waals surface area contributed by atoms with Gasteiger partial charge < -0.3 is 25.4 Å². The molecule has 12 heteroatoms. The number of fused-ring (bicyclic) bond motifs is 1. The van der Waals surface area contributed by atoms with E-state index in [0.717, 1.165) is 74.4 Å². The summed E-state index contributed by atoms with van der Waals surface area (Å²) < 4.78 is 8.60. The zero-order chi connectivity index (χ0) is 34.0. The first-order valence-corrected chi connectivity index (χ1v) is 18.3. The average Bonchev–Trinajstić information content (AvgIpc) is 3.60. The van der Waals surface area contributed by atoms with E-state index in [4.69, 9.17) is 4.74 Å². The van der Waals surface area contributed by atoms with Gasteiger partial charge in [0.05, 0.1) is 11.2 Å². The highest BCUT2D eigenvalue weighted by Crippen LogP contribution is 2.33. The SMILES string of the molecule is C=C[C@H](C)C(NC(=O)C1CCCN1C(=O)CNC(=O)O[C@@H]1CCCC1CCCCCc1nc2ccccc2cc1O)C(=O)NSC1CC1. The molecule has 5 rings (SSSR count). The summed E-state index contributed by atoms with van der Waals surface area (Å²) in [5.74, 6) is -0.806. The summed E-state index contributed by atoms with van der Waals surface area (Å²) in [5.41, 5.74) is 1.61. The number of alkyl carbamates (subject to hydrolysis) is 1. The van der Waals surface area contributed by atoms with Crippen LogP contribution in [0.1, 0.15) is 83.2 Å². The molecule has 3 unspecified atom stereocenters. The monoisotopic (exact) mass is 679 g/mol. The number of nitrogens with one attached hydrogen (secondary N) is 3. The molecule has 3 aliphatic rings. The first-order valence-electron chi connectivity index (χ1n) is 17.4. The van der Waals surface area contributed by atoms with E-state index in [9.17, 15) is 24.3 Å². The molecule has 0 bridgehead atoms. The zero-order valence-corrected chi connectivity index (χ0v) is 28.6. The smallest absolute Gasteiger partial charge is 0.407 e. The molecule has 2 aliphatic carbocycles. The van der Waals surface area contributed by atoms with Gasteiger partial charge in [0, 0.05) is 23.1 Å². The van der Waals surface area contributed by atoms with Crippen LogP contribution in [0, 0.1) is 11.8 Å². The molecular weight excluding hydrogens is 630 g/mol. The van der Waals surface area contributed by atoms with Crippen LogP contribution in [0.15, 0.2) is 43.0 Å². The lowest BCUT2D eigenvalue weighted by Crippen LogP contribution is -2.55. The van der Waals surface area contributed by atoms with Gasteiger partial charge in [-0.05, 0) is 94.2 Å². The van der Waals surface area contributed by atoms with E-state index in [1.165, 1.54) is 16.8 Å². The third-order valence-corrected chi connectivity index (χ3v) is 10.8. The summed E-state index contributed by atoms with van der Waals surface area (Å²) >= 11 is 1.39. The van der Waals surface area contributed by atoms with E-state index < -0.39 is 18.2 Å². The fourth-order valence-electron chi connectivity index (χ4n) is 6.67. The highest BCUT2D eigenvalue weighted by atomic mass is 32.2. The predicted octanol–water partition coefficient (Wildman–Crippen LogP) is 5.16. The second kappa shape index (κ2) is 17.0. The molecule has 2 heterocycles. The van der Waals surface area contributed by atoms with Crippen molar-refractivity contribution < 1.29 is 29.0 Å². The van der Waals surface area contributed by atoms with E-state index in [2.05, 4.69) is 26.9 Å². The summed E-state index contributed by atoms with van der Waals surface area (Å²) in [6.45, 7) is 5.74. The molecule has 3 fully saturated rings. The van der Waals surface area contributed by atoms with Crippen LogP contribution < -0.4 is 15.4 Å². The van der Waals surface area contributed by atoms with Gasteiger partial charge in [0.2, 0.25) is 11.8 Å². The van der Waals surface area contributed by atoms with Crippen molar-refractivity contribution in [3.05, 3.63) is 48.7 Å². The Hall–Kier alpha value is -3.80. The van der Waals surface area contributed by atoms with E-state index in [-0.39, 0.29) is 48.0 Å². The average molecular weight is 680 g/mol. The fraction of sp³-hybridized carbons (Fsp3) is 0.583. The Labute approximate surface area is 287 Å². The molecule has 11 nitrogen and oxygen atoms in total. The maximum absolute atomic E-state index is 13.3. The molecule has 2 saturated carbocycles. The van der Waals surface area contributed by atoms with Crippen LogP contribution in [0.3, 0.4) is 0 Å². The quantitative estimate of drug-likeness (QED) is 0.108. The lowest BCUT2D eigenvalue weighted by atomic mass is 9.97. The molecule has 1 aromatic heterocycles. The second-order valence-electron chi connectivity index (χ2n) is 13.3. The van der Waals surface area contributed by atoms with Gasteiger partial charge in [-0.15, -0.1) is 6.58 Å². The van der Waals surface area contributed by atoms with Gasteiger partial charge >= 0.3 is 6.09 Å². The summed E-state index contributed by atoms with van der Waals surface area (Å²) in [6.07, 6.45) is 11.4. The van der Waals surface area contributed by atoms with Gasteiger partial charge in [0.1, 0.15) is 30.5 Å². The molecule has 1 aliphatic heterocycles. The molecule has 0 radical (unpaired) electrons. The number of amides is 4. The minimum absolute atomic E-state index is 0.190. The number of ether oxygens (including phenoxy) is 1. The number of nitrogens with zero attached hydrogens (tertiary/aromatic N) is 2. The Morgan fingerprint density at radius 1 is 1.10 bits per heavy atom. The van der Waals surface area contributed by atoms with Crippen molar-refractivity contribution in [2.24, 2.45) is 11.8 Å². The zero-order valence-electron chi connectivity index (χ0n) is 27.8. The number of para-hydroxylation sites is 1. The largest absolute Gasteiger partial charge is 0.506 e. The number of hydrogen-bond donors (Lipinski definition) is 4. The molecule has 1 aromatic carbocycles. The topological polar surface area (TPSA) is 150 Å². The number of unbranched alkanes of at least 4 members (excludes halogenated alkanes) is 2. The normalized spacial score (nSPS) is 21.8. The molecule has 2 aromatic rings. The van der Waals surface area contributed by atoms with Crippen molar-refractivity contribution in [3.63, 3.8) is 0 Å². The van der Waals surface area contributed by atoms with Crippen LogP contribution >= 0.6 is 11.9 Å². The molecule has 260 valence electrons. The molecule has 0 spiro atoms. The summed E-state index contributed by atoms with van der Waals surface area (Å²) in [6, 6.07) is 8.04. The fourth-order valence-corrected chi connectivity index (χ4v) is 7.45. The van der Waals surface area contributed by atoms with Crippen molar-refractivity contribution in [1.29, 1.82) is 0 Å². The Kier molecular flexibility index (Phi) is 12.6. The number of carbonyl (C=O) groups excluding carboxylic acids is 4. The first kappa shape index (κ1) is 35.5. The third-order valence-electron chi connectivity index (χ3n) is 9.70. The minimum atomic E-state index is -0.790. The molecule has 5 atom stereocenters. The number of benzene rings is 1. The lowest BCUT2D eigenvalue weighted by Gasteiger charge is -2.28. The third kappa shape index (κ3) is 9.64. The van der Waals surface area contributed by atoms with Crippen LogP contribution in [0.4, 0.5) is 4.79 Å². The highest BCUT2D eigenvalue weighted by molar-refractivity contribution is 7.98. The maximum atomic E-state index is 13.3. The number of pyridine rings is 1. The van der Waals surface area contributed by atoms with Crippen molar-refractivity contribution in [1.82, 2.24) is 25.2 Å². The number of aryl methyl sites for hydroxylation is 1. The van der Waals surface area contributed by atoms with Crippen LogP contribution in [0.5, 0.6) is 5.75 Å². The van der Waals surface area contributed by atoms with E-state index in [0.29, 0.717) is 31.1 Å².